The summed E-state index contributed by atoms with van der Waals surface area (Å²) in [5, 5.41) is 9.63. The van der Waals surface area contributed by atoms with Crippen LogP contribution >= 0.6 is 11.5 Å². The highest BCUT2D eigenvalue weighted by molar-refractivity contribution is 7.08. The molecule has 0 spiro atoms. The van der Waals surface area contributed by atoms with E-state index >= 15 is 0 Å². The smallest absolute Gasteiger partial charge is 0.265 e. The van der Waals surface area contributed by atoms with E-state index in [0.29, 0.717) is 35.8 Å². The fraction of sp³-hybridized carbons (Fsp3) is 0.375. The molecule has 24 heavy (non-hydrogen) atoms. The Hall–Kier alpha value is -2.32. The van der Waals surface area contributed by atoms with Gasteiger partial charge in [-0.15, -0.1) is 5.10 Å². The molecular weight excluding hydrogens is 326 g/mol. The number of benzene rings is 1. The zero-order valence-electron chi connectivity index (χ0n) is 14.0. The van der Waals surface area contributed by atoms with E-state index in [2.05, 4.69) is 20.2 Å². The maximum Gasteiger partial charge on any atom is 0.265 e. The Balaban J connectivity index is 1.94. The molecule has 0 aliphatic carbocycles. The van der Waals surface area contributed by atoms with E-state index in [4.69, 9.17) is 0 Å². The molecule has 8 heteroatoms. The van der Waals surface area contributed by atoms with Gasteiger partial charge in [0.05, 0.1) is 12.2 Å². The minimum Gasteiger partial charge on any atom is -0.347 e. The van der Waals surface area contributed by atoms with Crippen LogP contribution in [0.2, 0.25) is 0 Å². The zero-order chi connectivity index (χ0) is 17.5. The molecule has 0 unspecified atom stereocenters. The predicted molar refractivity (Wildman–Crippen MR) is 94.1 cm³/mol. The van der Waals surface area contributed by atoms with Crippen LogP contribution in [-0.2, 0) is 17.8 Å². The quantitative estimate of drug-likeness (QED) is 0.793. The molecule has 0 saturated carbocycles. The number of likely N-dealkylation sites (N-methyl/N-ethyl adjacent to an activating group) is 1. The van der Waals surface area contributed by atoms with Crippen molar-refractivity contribution >= 4 is 29.0 Å². The van der Waals surface area contributed by atoms with Crippen LogP contribution < -0.4 is 10.6 Å². The molecule has 2 aromatic rings. The number of rotatable bonds is 7. The summed E-state index contributed by atoms with van der Waals surface area (Å²) >= 11 is 1.10. The first-order valence-electron chi connectivity index (χ1n) is 7.62. The monoisotopic (exact) mass is 347 g/mol. The third-order valence-corrected chi connectivity index (χ3v) is 3.99. The molecule has 0 atom stereocenters. The van der Waals surface area contributed by atoms with Gasteiger partial charge in [0, 0.05) is 12.2 Å². The van der Waals surface area contributed by atoms with Crippen molar-refractivity contribution in [3.8, 4) is 0 Å². The number of aromatic nitrogens is 2. The second kappa shape index (κ2) is 8.51. The van der Waals surface area contributed by atoms with Gasteiger partial charge in [-0.3, -0.25) is 9.59 Å². The van der Waals surface area contributed by atoms with Crippen LogP contribution in [0, 0.1) is 0 Å². The van der Waals surface area contributed by atoms with Crippen LogP contribution in [0.15, 0.2) is 24.3 Å². The highest BCUT2D eigenvalue weighted by Gasteiger charge is 2.14. The SMILES string of the molecule is CCc1nnsc1C(=O)NCc1cccc(NC(=O)CN(C)C)c1. The van der Waals surface area contributed by atoms with Crippen molar-refractivity contribution in [2.45, 2.75) is 19.9 Å². The number of nitrogens with one attached hydrogen (secondary N) is 2. The largest absolute Gasteiger partial charge is 0.347 e. The van der Waals surface area contributed by atoms with E-state index in [9.17, 15) is 9.59 Å². The number of carbonyl (C=O) groups is 2. The summed E-state index contributed by atoms with van der Waals surface area (Å²) in [6, 6.07) is 7.41. The van der Waals surface area contributed by atoms with Crippen molar-refractivity contribution in [3.63, 3.8) is 0 Å². The maximum absolute atomic E-state index is 12.2. The maximum atomic E-state index is 12.2. The fourth-order valence-corrected chi connectivity index (χ4v) is 2.79. The molecule has 2 rings (SSSR count). The molecule has 0 aliphatic heterocycles. The lowest BCUT2D eigenvalue weighted by Gasteiger charge is -2.11. The number of hydrogen-bond donors (Lipinski definition) is 2. The van der Waals surface area contributed by atoms with Crippen molar-refractivity contribution in [1.29, 1.82) is 0 Å². The Morgan fingerprint density at radius 3 is 2.79 bits per heavy atom. The van der Waals surface area contributed by atoms with Crippen molar-refractivity contribution in [2.24, 2.45) is 0 Å². The molecule has 1 aromatic carbocycles. The summed E-state index contributed by atoms with van der Waals surface area (Å²) in [4.78, 5) is 26.3. The summed E-state index contributed by atoms with van der Waals surface area (Å²) in [5.74, 6) is -0.256. The predicted octanol–water partition coefficient (Wildman–Crippen LogP) is 1.53. The second-order valence-electron chi connectivity index (χ2n) is 5.57. The van der Waals surface area contributed by atoms with Crippen LogP contribution in [0.3, 0.4) is 0 Å². The molecule has 7 nitrogen and oxygen atoms in total. The third-order valence-electron chi connectivity index (χ3n) is 3.22. The highest BCUT2D eigenvalue weighted by Crippen LogP contribution is 2.13. The van der Waals surface area contributed by atoms with E-state index in [1.807, 2.05) is 45.3 Å². The van der Waals surface area contributed by atoms with Gasteiger partial charge in [-0.1, -0.05) is 23.5 Å². The molecule has 1 heterocycles. The van der Waals surface area contributed by atoms with E-state index in [1.54, 1.807) is 4.90 Å². The molecule has 0 bridgehead atoms. The van der Waals surface area contributed by atoms with Crippen LogP contribution in [0.4, 0.5) is 5.69 Å². The van der Waals surface area contributed by atoms with Crippen molar-refractivity contribution < 1.29 is 9.59 Å². The number of amides is 2. The zero-order valence-corrected chi connectivity index (χ0v) is 14.8. The van der Waals surface area contributed by atoms with Crippen LogP contribution in [-0.4, -0.2) is 46.9 Å². The van der Waals surface area contributed by atoms with Gasteiger partial charge in [-0.05, 0) is 49.7 Å². The highest BCUT2D eigenvalue weighted by atomic mass is 32.1. The van der Waals surface area contributed by atoms with E-state index in [-0.39, 0.29) is 11.8 Å². The molecule has 1 aromatic heterocycles. The Morgan fingerprint density at radius 2 is 2.08 bits per heavy atom. The van der Waals surface area contributed by atoms with Crippen molar-refractivity contribution in [3.05, 3.63) is 40.4 Å². The first kappa shape index (κ1) is 18.0. The minimum absolute atomic E-state index is 0.0792. The normalized spacial score (nSPS) is 10.7. The second-order valence-corrected chi connectivity index (χ2v) is 6.33. The minimum atomic E-state index is -0.177. The summed E-state index contributed by atoms with van der Waals surface area (Å²) in [5.41, 5.74) is 2.33. The molecule has 2 N–H and O–H groups in total. The Bertz CT molecular complexity index is 714. The van der Waals surface area contributed by atoms with Gasteiger partial charge in [0.25, 0.3) is 5.91 Å². The van der Waals surface area contributed by atoms with Gasteiger partial charge >= 0.3 is 0 Å². The van der Waals surface area contributed by atoms with Crippen LogP contribution in [0.1, 0.15) is 27.9 Å². The average molecular weight is 347 g/mol. The van der Waals surface area contributed by atoms with Gasteiger partial charge < -0.3 is 15.5 Å². The van der Waals surface area contributed by atoms with Crippen molar-refractivity contribution in [1.82, 2.24) is 19.8 Å². The van der Waals surface area contributed by atoms with E-state index < -0.39 is 0 Å². The number of carbonyl (C=O) groups excluding carboxylic acids is 2. The van der Waals surface area contributed by atoms with Gasteiger partial charge in [0.1, 0.15) is 4.88 Å². The van der Waals surface area contributed by atoms with Gasteiger partial charge in [-0.25, -0.2) is 0 Å². The summed E-state index contributed by atoms with van der Waals surface area (Å²) in [6.45, 7) is 2.63. The molecule has 0 radical (unpaired) electrons. The third kappa shape index (κ3) is 5.10. The van der Waals surface area contributed by atoms with E-state index in [1.165, 1.54) is 0 Å². The number of hydrogen-bond acceptors (Lipinski definition) is 6. The Kier molecular flexibility index (Phi) is 6.39. The molecule has 0 saturated heterocycles. The first-order chi connectivity index (χ1) is 11.5. The Morgan fingerprint density at radius 1 is 1.29 bits per heavy atom. The first-order valence-corrected chi connectivity index (χ1v) is 8.40. The summed E-state index contributed by atoms with van der Waals surface area (Å²) in [6.07, 6.45) is 0.673. The molecule has 0 fully saturated rings. The molecule has 2 amide bonds. The lowest BCUT2D eigenvalue weighted by Crippen LogP contribution is -2.27. The summed E-state index contributed by atoms with van der Waals surface area (Å²) < 4.78 is 3.82. The van der Waals surface area contributed by atoms with Gasteiger partial charge in [-0.2, -0.15) is 0 Å². The topological polar surface area (TPSA) is 87.2 Å². The average Bonchev–Trinajstić information content (AvgIpc) is 3.00. The number of anilines is 1. The number of aryl methyl sites for hydroxylation is 1. The number of nitrogens with zero attached hydrogens (tertiary/aromatic N) is 3. The van der Waals surface area contributed by atoms with Crippen LogP contribution in [0.5, 0.6) is 0 Å². The standard InChI is InChI=1S/C16H21N5O2S/c1-4-13-15(24-20-19-13)16(23)17-9-11-6-5-7-12(8-11)18-14(22)10-21(2)3/h5-8H,4,9-10H2,1-3H3,(H,17,23)(H,18,22). The Labute approximate surface area is 145 Å². The summed E-state index contributed by atoms with van der Waals surface area (Å²) in [7, 11) is 3.68. The van der Waals surface area contributed by atoms with Crippen molar-refractivity contribution in [2.75, 3.05) is 26.0 Å². The van der Waals surface area contributed by atoms with E-state index in [0.717, 1.165) is 17.1 Å². The lowest BCUT2D eigenvalue weighted by molar-refractivity contribution is -0.116. The molecule has 128 valence electrons. The fourth-order valence-electron chi connectivity index (χ4n) is 2.12. The van der Waals surface area contributed by atoms with Gasteiger partial charge in [0.2, 0.25) is 5.91 Å². The van der Waals surface area contributed by atoms with Crippen LogP contribution in [0.25, 0.3) is 0 Å². The van der Waals surface area contributed by atoms with Gasteiger partial charge in [0.15, 0.2) is 0 Å². The molecular formula is C16H21N5O2S. The molecule has 0 aliphatic rings. The lowest BCUT2D eigenvalue weighted by atomic mass is 10.2.